The second kappa shape index (κ2) is 12.0. The lowest BCUT2D eigenvalue weighted by Crippen LogP contribution is -2.47. The topological polar surface area (TPSA) is 95.8 Å². The van der Waals surface area contributed by atoms with Crippen LogP contribution in [0.1, 0.15) is 34.7 Å². The second-order valence-electron chi connectivity index (χ2n) is 9.55. The van der Waals surface area contributed by atoms with E-state index in [0.717, 1.165) is 41.3 Å². The number of aryl methyl sites for hydroxylation is 1. The third-order valence-electron chi connectivity index (χ3n) is 6.49. The van der Waals surface area contributed by atoms with Crippen LogP contribution in [0.2, 0.25) is 0 Å². The number of hydrogen-bond donors (Lipinski definition) is 2. The van der Waals surface area contributed by atoms with Crippen molar-refractivity contribution in [2.45, 2.75) is 44.1 Å². The molecule has 6 nitrogen and oxygen atoms in total. The molecule has 3 aromatic carbocycles. The van der Waals surface area contributed by atoms with Crippen molar-refractivity contribution in [3.63, 3.8) is 0 Å². The number of halogens is 2. The molecule has 0 spiro atoms. The minimum Gasteiger partial charge on any atom is -0.389 e. The number of fused-ring (bicyclic) bond motifs is 1. The van der Waals surface area contributed by atoms with Gasteiger partial charge in [0.2, 0.25) is 5.91 Å². The number of nitrogens with one attached hydrogen (secondary N) is 1. The third-order valence-corrected chi connectivity index (χ3v) is 7.96. The van der Waals surface area contributed by atoms with E-state index in [1.165, 1.54) is 0 Å². The van der Waals surface area contributed by atoms with Crippen LogP contribution in [0, 0.1) is 11.6 Å². The molecule has 2 atom stereocenters. The molecular formula is C29H30F2N2O4S. The molecule has 0 saturated heterocycles. The SMILES string of the molecule is CCc1ccc2c(c1)C(=NCC(O)C(Cc1cc(F)cc(F)c1)NC(=O)Cc1ccccc1)CS(=O)(=O)C2. The molecule has 0 radical (unpaired) electrons. The zero-order valence-electron chi connectivity index (χ0n) is 21.0. The van der Waals surface area contributed by atoms with Gasteiger partial charge in [-0.25, -0.2) is 17.2 Å². The van der Waals surface area contributed by atoms with Crippen molar-refractivity contribution in [2.24, 2.45) is 4.99 Å². The number of aliphatic hydroxyl groups is 1. The average Bonchev–Trinajstić information content (AvgIpc) is 2.86. The second-order valence-corrected chi connectivity index (χ2v) is 11.6. The number of benzene rings is 3. The van der Waals surface area contributed by atoms with Crippen LogP contribution in [-0.2, 0) is 39.6 Å². The van der Waals surface area contributed by atoms with Gasteiger partial charge in [0.25, 0.3) is 0 Å². The number of nitrogens with zero attached hydrogens (tertiary/aromatic N) is 1. The number of aliphatic hydroxyl groups excluding tert-OH is 1. The van der Waals surface area contributed by atoms with Gasteiger partial charge in [-0.2, -0.15) is 0 Å². The van der Waals surface area contributed by atoms with Gasteiger partial charge in [0.1, 0.15) is 11.6 Å². The fraction of sp³-hybridized carbons (Fsp3) is 0.310. The Morgan fingerprint density at radius 1 is 0.974 bits per heavy atom. The molecule has 0 bridgehead atoms. The smallest absolute Gasteiger partial charge is 0.224 e. The van der Waals surface area contributed by atoms with Crippen LogP contribution >= 0.6 is 0 Å². The van der Waals surface area contributed by atoms with Crippen LogP contribution in [0.15, 0.2) is 71.7 Å². The Bertz CT molecular complexity index is 1420. The molecule has 4 rings (SSSR count). The molecule has 0 aliphatic carbocycles. The van der Waals surface area contributed by atoms with E-state index in [1.807, 2.05) is 25.1 Å². The number of rotatable bonds is 9. The van der Waals surface area contributed by atoms with Crippen molar-refractivity contribution in [1.82, 2.24) is 5.32 Å². The van der Waals surface area contributed by atoms with Gasteiger partial charge in [0.05, 0.1) is 42.3 Å². The van der Waals surface area contributed by atoms with Gasteiger partial charge >= 0.3 is 0 Å². The molecule has 1 heterocycles. The maximum atomic E-state index is 13.8. The Morgan fingerprint density at radius 2 is 1.68 bits per heavy atom. The Balaban J connectivity index is 1.58. The highest BCUT2D eigenvalue weighted by atomic mass is 32.2. The molecule has 38 heavy (non-hydrogen) atoms. The van der Waals surface area contributed by atoms with E-state index in [4.69, 9.17) is 0 Å². The lowest BCUT2D eigenvalue weighted by Gasteiger charge is -2.25. The zero-order chi connectivity index (χ0) is 27.3. The molecule has 200 valence electrons. The van der Waals surface area contributed by atoms with E-state index in [9.17, 15) is 27.1 Å². The lowest BCUT2D eigenvalue weighted by molar-refractivity contribution is -0.121. The molecule has 2 unspecified atom stereocenters. The quantitative estimate of drug-likeness (QED) is 0.434. The van der Waals surface area contributed by atoms with Crippen molar-refractivity contribution >= 4 is 21.5 Å². The monoisotopic (exact) mass is 540 g/mol. The first-order chi connectivity index (χ1) is 18.1. The highest BCUT2D eigenvalue weighted by molar-refractivity contribution is 7.91. The summed E-state index contributed by atoms with van der Waals surface area (Å²) in [5.74, 6) is -2.22. The molecule has 1 aliphatic heterocycles. The molecule has 3 aromatic rings. The van der Waals surface area contributed by atoms with E-state index in [1.54, 1.807) is 30.3 Å². The van der Waals surface area contributed by atoms with Crippen LogP contribution in [0.25, 0.3) is 0 Å². The Labute approximate surface area is 221 Å². The minimum absolute atomic E-state index is 0.0455. The first-order valence-corrected chi connectivity index (χ1v) is 14.3. The maximum Gasteiger partial charge on any atom is 0.224 e. The molecule has 1 aliphatic rings. The van der Waals surface area contributed by atoms with Gasteiger partial charge < -0.3 is 10.4 Å². The molecule has 0 aromatic heterocycles. The predicted octanol–water partition coefficient (Wildman–Crippen LogP) is 3.58. The fourth-order valence-corrected chi connectivity index (χ4v) is 6.07. The summed E-state index contributed by atoms with van der Waals surface area (Å²) in [6.45, 7) is 1.80. The molecule has 9 heteroatoms. The standard InChI is InChI=1S/C29H30F2N2O4S/c1-2-19-8-9-22-17-38(36,37)18-27(25(22)12-19)32-16-28(34)26(13-21-10-23(30)15-24(31)11-21)33-29(35)14-20-6-4-3-5-7-20/h3-12,15,26,28,34H,2,13-14,16-18H2,1H3,(H,33,35). The molecule has 2 N–H and O–H groups in total. The van der Waals surface area contributed by atoms with Crippen molar-refractivity contribution in [2.75, 3.05) is 12.3 Å². The Hall–Kier alpha value is -3.43. The third kappa shape index (κ3) is 7.33. The molecule has 0 fully saturated rings. The largest absolute Gasteiger partial charge is 0.389 e. The molecule has 1 amide bonds. The first kappa shape index (κ1) is 27.6. The van der Waals surface area contributed by atoms with Crippen LogP contribution < -0.4 is 5.32 Å². The summed E-state index contributed by atoms with van der Waals surface area (Å²) in [6.07, 6.45) is -0.455. The lowest BCUT2D eigenvalue weighted by atomic mass is 9.99. The average molecular weight is 541 g/mol. The summed E-state index contributed by atoms with van der Waals surface area (Å²) in [5.41, 5.74) is 3.82. The number of carbonyl (C=O) groups is 1. The highest BCUT2D eigenvalue weighted by Gasteiger charge is 2.28. The summed E-state index contributed by atoms with van der Waals surface area (Å²) >= 11 is 0. The van der Waals surface area contributed by atoms with E-state index < -0.39 is 33.6 Å². The summed E-state index contributed by atoms with van der Waals surface area (Å²) < 4.78 is 52.7. The summed E-state index contributed by atoms with van der Waals surface area (Å²) in [5, 5.41) is 13.8. The molecular weight excluding hydrogens is 510 g/mol. The van der Waals surface area contributed by atoms with Crippen LogP contribution in [0.3, 0.4) is 0 Å². The van der Waals surface area contributed by atoms with Gasteiger partial charge in [-0.3, -0.25) is 9.79 Å². The predicted molar refractivity (Wildman–Crippen MR) is 143 cm³/mol. The number of hydrogen-bond acceptors (Lipinski definition) is 5. The summed E-state index contributed by atoms with van der Waals surface area (Å²) in [4.78, 5) is 17.3. The van der Waals surface area contributed by atoms with Crippen molar-refractivity contribution < 1.29 is 27.1 Å². The van der Waals surface area contributed by atoms with Crippen LogP contribution in [-0.4, -0.2) is 49.6 Å². The van der Waals surface area contributed by atoms with Crippen molar-refractivity contribution in [3.05, 3.63) is 106 Å². The van der Waals surface area contributed by atoms with E-state index in [0.29, 0.717) is 11.3 Å². The zero-order valence-corrected chi connectivity index (χ0v) is 21.8. The van der Waals surface area contributed by atoms with E-state index >= 15 is 0 Å². The first-order valence-electron chi connectivity index (χ1n) is 12.4. The normalized spacial score (nSPS) is 17.0. The number of carbonyl (C=O) groups excluding carboxylic acids is 1. The maximum absolute atomic E-state index is 13.8. The summed E-state index contributed by atoms with van der Waals surface area (Å²) in [6, 6.07) is 16.8. The minimum atomic E-state index is -3.41. The number of aliphatic imine (C=N–C) groups is 1. The number of amides is 1. The Morgan fingerprint density at radius 3 is 2.37 bits per heavy atom. The highest BCUT2D eigenvalue weighted by Crippen LogP contribution is 2.23. The summed E-state index contributed by atoms with van der Waals surface area (Å²) in [7, 11) is -3.41. The van der Waals surface area contributed by atoms with Gasteiger partial charge in [-0.15, -0.1) is 0 Å². The number of sulfone groups is 1. The van der Waals surface area contributed by atoms with Crippen LogP contribution in [0.4, 0.5) is 8.78 Å². The van der Waals surface area contributed by atoms with Gasteiger partial charge in [0, 0.05) is 11.6 Å². The van der Waals surface area contributed by atoms with E-state index in [2.05, 4.69) is 10.3 Å². The molecule has 0 saturated carbocycles. The Kier molecular flexibility index (Phi) is 8.69. The van der Waals surface area contributed by atoms with Gasteiger partial charge in [-0.1, -0.05) is 49.4 Å². The van der Waals surface area contributed by atoms with Crippen LogP contribution in [0.5, 0.6) is 0 Å². The van der Waals surface area contributed by atoms with E-state index in [-0.39, 0.29) is 42.4 Å². The van der Waals surface area contributed by atoms with Gasteiger partial charge in [-0.05, 0) is 53.3 Å². The van der Waals surface area contributed by atoms with Crippen molar-refractivity contribution in [3.8, 4) is 0 Å². The van der Waals surface area contributed by atoms with Gasteiger partial charge in [0.15, 0.2) is 9.84 Å². The fourth-order valence-electron chi connectivity index (χ4n) is 4.58. The van der Waals surface area contributed by atoms with Crippen molar-refractivity contribution in [1.29, 1.82) is 0 Å².